The number of phenolic OH excluding ortho intramolecular Hbond substituents is 1. The summed E-state index contributed by atoms with van der Waals surface area (Å²) in [5, 5.41) is 18.2. The molecular weight excluding hydrogens is 516 g/mol. The van der Waals surface area contributed by atoms with E-state index in [9.17, 15) is 22.9 Å². The van der Waals surface area contributed by atoms with E-state index < -0.39 is 45.1 Å². The minimum atomic E-state index is -4.81. The van der Waals surface area contributed by atoms with Crippen LogP contribution in [0.3, 0.4) is 0 Å². The first-order valence-electron chi connectivity index (χ1n) is 8.60. The molecule has 31 heavy (non-hydrogen) atoms. The summed E-state index contributed by atoms with van der Waals surface area (Å²) >= 11 is 9.28. The zero-order valence-corrected chi connectivity index (χ0v) is 18.7. The Balaban J connectivity index is 2.06. The molecule has 10 nitrogen and oxygen atoms in total. The normalized spacial score (nSPS) is 13.7. The highest BCUT2D eigenvalue weighted by Crippen LogP contribution is 2.41. The van der Waals surface area contributed by atoms with Crippen LogP contribution in [0, 0.1) is 0 Å². The number of hydrogen-bond donors (Lipinski definition) is 4. The molecule has 3 rings (SSSR count). The number of halogens is 2. The lowest BCUT2D eigenvalue weighted by Gasteiger charge is -2.22. The van der Waals surface area contributed by atoms with E-state index in [1.54, 1.807) is 24.3 Å². The topological polar surface area (TPSA) is 183 Å². The minimum absolute atomic E-state index is 0.0862. The molecular formula is C18H16BrClN4O6S. The Kier molecular flexibility index (Phi) is 6.67. The summed E-state index contributed by atoms with van der Waals surface area (Å²) in [6.45, 7) is 0. The van der Waals surface area contributed by atoms with Gasteiger partial charge in [0.1, 0.15) is 10.6 Å². The van der Waals surface area contributed by atoms with E-state index in [-0.39, 0.29) is 22.4 Å². The number of aromatic hydroxyl groups is 1. The molecule has 164 valence electrons. The van der Waals surface area contributed by atoms with Crippen molar-refractivity contribution in [2.45, 2.75) is 23.3 Å². The molecule has 2 aromatic carbocycles. The van der Waals surface area contributed by atoms with E-state index >= 15 is 0 Å². The van der Waals surface area contributed by atoms with Gasteiger partial charge in [-0.25, -0.2) is 0 Å². The van der Waals surface area contributed by atoms with Crippen LogP contribution in [0.5, 0.6) is 5.75 Å². The van der Waals surface area contributed by atoms with E-state index in [4.69, 9.17) is 27.5 Å². The molecule has 13 heteroatoms. The molecule has 1 aromatic heterocycles. The predicted molar refractivity (Wildman–Crippen MR) is 114 cm³/mol. The summed E-state index contributed by atoms with van der Waals surface area (Å²) in [6, 6.07) is 7.92. The number of phenols is 1. The van der Waals surface area contributed by atoms with E-state index in [0.29, 0.717) is 5.56 Å². The van der Waals surface area contributed by atoms with Crippen molar-refractivity contribution in [1.82, 2.24) is 10.2 Å². The Morgan fingerprint density at radius 1 is 1.23 bits per heavy atom. The Morgan fingerprint density at radius 3 is 2.45 bits per heavy atom. The van der Waals surface area contributed by atoms with Crippen LogP contribution in [0.1, 0.15) is 29.8 Å². The molecule has 1 unspecified atom stereocenters. The zero-order chi connectivity index (χ0) is 22.9. The number of nitrogens with two attached hydrogens (primary N) is 2. The number of hydrogen-bond acceptors (Lipinski definition) is 8. The number of primary amides is 1. The highest BCUT2D eigenvalue weighted by molar-refractivity contribution is 9.10. The van der Waals surface area contributed by atoms with Gasteiger partial charge in [0, 0.05) is 33.0 Å². The molecule has 1 heterocycles. The molecule has 2 atom stereocenters. The molecule has 1 amide bonds. The molecule has 0 spiro atoms. The lowest BCUT2D eigenvalue weighted by atomic mass is 9.88. The van der Waals surface area contributed by atoms with Crippen LogP contribution in [0.15, 0.2) is 50.2 Å². The molecule has 0 fully saturated rings. The van der Waals surface area contributed by atoms with Crippen LogP contribution < -0.4 is 11.5 Å². The highest BCUT2D eigenvalue weighted by atomic mass is 79.9. The number of amides is 1. The lowest BCUT2D eigenvalue weighted by molar-refractivity contribution is -0.118. The van der Waals surface area contributed by atoms with E-state index in [1.165, 1.54) is 6.07 Å². The molecule has 0 radical (unpaired) electrons. The van der Waals surface area contributed by atoms with Gasteiger partial charge < -0.3 is 21.0 Å². The first-order chi connectivity index (χ1) is 14.5. The number of rotatable bonds is 7. The minimum Gasteiger partial charge on any atom is -0.506 e. The third-order valence-corrected chi connectivity index (χ3v) is 6.03. The summed E-state index contributed by atoms with van der Waals surface area (Å²) in [6.07, 6.45) is -0.407. The van der Waals surface area contributed by atoms with Gasteiger partial charge in [0.15, 0.2) is 0 Å². The van der Waals surface area contributed by atoms with Crippen molar-refractivity contribution >= 4 is 43.6 Å². The lowest BCUT2D eigenvalue weighted by Crippen LogP contribution is -2.26. The maximum Gasteiger partial charge on any atom is 0.298 e. The first-order valence-corrected chi connectivity index (χ1v) is 11.2. The van der Waals surface area contributed by atoms with Gasteiger partial charge in [-0.15, -0.1) is 10.2 Å². The second kappa shape index (κ2) is 8.93. The highest BCUT2D eigenvalue weighted by Gasteiger charge is 2.32. The summed E-state index contributed by atoms with van der Waals surface area (Å²) < 4.78 is 39.0. The van der Waals surface area contributed by atoms with Crippen LogP contribution in [0.25, 0.3) is 11.5 Å². The maximum atomic E-state index is 11.7. The summed E-state index contributed by atoms with van der Waals surface area (Å²) in [4.78, 5) is 10.8. The van der Waals surface area contributed by atoms with Gasteiger partial charge in [-0.3, -0.25) is 9.35 Å². The number of aromatic nitrogens is 2. The predicted octanol–water partition coefficient (Wildman–Crippen LogP) is 2.76. The Labute approximate surface area is 190 Å². The van der Waals surface area contributed by atoms with Crippen molar-refractivity contribution in [3.8, 4) is 17.2 Å². The van der Waals surface area contributed by atoms with Crippen LogP contribution in [-0.2, 0) is 14.9 Å². The first kappa shape index (κ1) is 23.2. The van der Waals surface area contributed by atoms with E-state index in [1.807, 2.05) is 0 Å². The third-order valence-electron chi connectivity index (χ3n) is 4.42. The average molecular weight is 532 g/mol. The largest absolute Gasteiger partial charge is 0.506 e. The fraction of sp³-hybridized carbons (Fsp3) is 0.167. The van der Waals surface area contributed by atoms with Crippen molar-refractivity contribution in [2.75, 3.05) is 0 Å². The standard InChI is InChI=1S/C18H16BrClN4O6S/c19-9-3-1-8(2-4-9)17-23-24-18(30-17)15(22)11(7-14(21)25)12-5-10(20)6-13(16(12)26)31(27,28)29/h1-6,11,15,26H,7,22H2,(H2,21,25)(H,27,28,29)/t11?,15-/m0/s1. The fourth-order valence-electron chi connectivity index (χ4n) is 2.97. The van der Waals surface area contributed by atoms with Gasteiger partial charge in [-0.1, -0.05) is 27.5 Å². The van der Waals surface area contributed by atoms with Gasteiger partial charge in [0.2, 0.25) is 17.7 Å². The summed E-state index contributed by atoms with van der Waals surface area (Å²) in [7, 11) is -4.81. The number of carbonyl (C=O) groups is 1. The van der Waals surface area contributed by atoms with E-state index in [0.717, 1.165) is 10.5 Å². The third kappa shape index (κ3) is 5.22. The van der Waals surface area contributed by atoms with Gasteiger partial charge in [0.05, 0.1) is 6.04 Å². The van der Waals surface area contributed by atoms with Gasteiger partial charge in [0.25, 0.3) is 10.1 Å². The smallest absolute Gasteiger partial charge is 0.298 e. The molecule has 0 bridgehead atoms. The molecule has 0 saturated carbocycles. The quantitative estimate of drug-likeness (QED) is 0.333. The number of benzene rings is 2. The molecule has 0 aliphatic carbocycles. The van der Waals surface area contributed by atoms with Crippen LogP contribution in [-0.4, -0.2) is 34.2 Å². The Bertz CT molecular complexity index is 1230. The number of nitrogens with zero attached hydrogens (tertiary/aromatic N) is 2. The van der Waals surface area contributed by atoms with Crippen molar-refractivity contribution in [3.63, 3.8) is 0 Å². The zero-order valence-electron chi connectivity index (χ0n) is 15.6. The van der Waals surface area contributed by atoms with Crippen molar-refractivity contribution in [3.05, 3.63) is 57.3 Å². The van der Waals surface area contributed by atoms with Crippen LogP contribution in [0.2, 0.25) is 5.02 Å². The number of carbonyl (C=O) groups excluding carboxylic acids is 1. The second-order valence-corrected chi connectivity index (χ2v) is 9.31. The maximum absolute atomic E-state index is 11.7. The summed E-state index contributed by atoms with van der Waals surface area (Å²) in [5.74, 6) is -2.63. The molecule has 0 aliphatic rings. The molecule has 0 saturated heterocycles. The van der Waals surface area contributed by atoms with Gasteiger partial charge in [-0.05, 0) is 36.4 Å². The Hall–Kier alpha value is -2.51. The van der Waals surface area contributed by atoms with Crippen molar-refractivity contribution < 1.29 is 27.3 Å². The second-order valence-electron chi connectivity index (χ2n) is 6.57. The fourth-order valence-corrected chi connectivity index (χ4v) is 4.17. The Morgan fingerprint density at radius 2 is 1.87 bits per heavy atom. The van der Waals surface area contributed by atoms with Crippen LogP contribution >= 0.6 is 27.5 Å². The van der Waals surface area contributed by atoms with Crippen molar-refractivity contribution in [2.24, 2.45) is 11.5 Å². The van der Waals surface area contributed by atoms with Crippen molar-refractivity contribution in [1.29, 1.82) is 0 Å². The molecule has 0 aliphatic heterocycles. The van der Waals surface area contributed by atoms with Crippen LogP contribution in [0.4, 0.5) is 0 Å². The van der Waals surface area contributed by atoms with Gasteiger partial charge in [-0.2, -0.15) is 8.42 Å². The monoisotopic (exact) mass is 530 g/mol. The van der Waals surface area contributed by atoms with E-state index in [2.05, 4.69) is 26.1 Å². The average Bonchev–Trinajstić information content (AvgIpc) is 3.17. The SMILES string of the molecule is NC(=O)CC(c1cc(Cl)cc(S(=O)(=O)O)c1O)[C@H](N)c1nnc(-c2ccc(Br)cc2)o1. The molecule has 6 N–H and O–H groups in total. The molecule has 3 aromatic rings. The summed E-state index contributed by atoms with van der Waals surface area (Å²) in [5.41, 5.74) is 12.0. The van der Waals surface area contributed by atoms with Gasteiger partial charge >= 0.3 is 0 Å².